The van der Waals surface area contributed by atoms with Gasteiger partial charge in [0.15, 0.2) is 0 Å². The largest absolute Gasteiger partial charge is 0.316 e. The molecule has 0 bridgehead atoms. The summed E-state index contributed by atoms with van der Waals surface area (Å²) < 4.78 is 1.32. The van der Waals surface area contributed by atoms with Gasteiger partial charge in [0.25, 0.3) is 17.2 Å². The SMILES string of the molecule is Cc1nc2ccccn2c(=O)c1NC(=O)c1cccc([N+](=O)[O-])c1C. The lowest BCUT2D eigenvalue weighted by Gasteiger charge is -2.10. The Morgan fingerprint density at radius 1 is 1.20 bits per heavy atom. The van der Waals surface area contributed by atoms with Gasteiger partial charge in [-0.05, 0) is 32.0 Å². The number of carbonyl (C=O) groups is 1. The van der Waals surface area contributed by atoms with Crippen LogP contribution in [0.3, 0.4) is 0 Å². The maximum absolute atomic E-state index is 12.6. The molecule has 0 fully saturated rings. The van der Waals surface area contributed by atoms with E-state index in [9.17, 15) is 19.7 Å². The lowest BCUT2D eigenvalue weighted by Crippen LogP contribution is -2.25. The first kappa shape index (κ1) is 16.3. The van der Waals surface area contributed by atoms with E-state index in [1.165, 1.54) is 29.5 Å². The predicted octanol–water partition coefficient (Wildman–Crippen LogP) is 2.47. The van der Waals surface area contributed by atoms with E-state index in [2.05, 4.69) is 10.3 Å². The zero-order chi connectivity index (χ0) is 18.1. The van der Waals surface area contributed by atoms with Crippen LogP contribution in [0.15, 0.2) is 47.4 Å². The number of rotatable bonds is 3. The van der Waals surface area contributed by atoms with Gasteiger partial charge in [0, 0.05) is 23.4 Å². The highest BCUT2D eigenvalue weighted by Gasteiger charge is 2.20. The highest BCUT2D eigenvalue weighted by atomic mass is 16.6. The van der Waals surface area contributed by atoms with E-state index >= 15 is 0 Å². The molecule has 3 rings (SSSR count). The molecule has 1 aromatic carbocycles. The fourth-order valence-corrected chi connectivity index (χ4v) is 2.59. The summed E-state index contributed by atoms with van der Waals surface area (Å²) in [5, 5.41) is 13.6. The summed E-state index contributed by atoms with van der Waals surface area (Å²) in [7, 11) is 0. The molecular weight excluding hydrogens is 324 g/mol. The molecule has 25 heavy (non-hydrogen) atoms. The number of aryl methyl sites for hydroxylation is 1. The van der Waals surface area contributed by atoms with Crippen molar-refractivity contribution in [1.29, 1.82) is 0 Å². The topological polar surface area (TPSA) is 107 Å². The van der Waals surface area contributed by atoms with E-state index in [0.717, 1.165) is 0 Å². The number of anilines is 1. The number of pyridine rings is 1. The number of fused-ring (bicyclic) bond motifs is 1. The zero-order valence-corrected chi connectivity index (χ0v) is 13.5. The quantitative estimate of drug-likeness (QED) is 0.583. The van der Waals surface area contributed by atoms with Crippen LogP contribution < -0.4 is 10.9 Å². The maximum Gasteiger partial charge on any atom is 0.281 e. The molecule has 2 aromatic heterocycles. The van der Waals surface area contributed by atoms with E-state index in [4.69, 9.17) is 0 Å². The Kier molecular flexibility index (Phi) is 4.02. The highest BCUT2D eigenvalue weighted by molar-refractivity contribution is 6.06. The van der Waals surface area contributed by atoms with E-state index in [0.29, 0.717) is 11.3 Å². The van der Waals surface area contributed by atoms with E-state index in [1.807, 2.05) is 0 Å². The highest BCUT2D eigenvalue weighted by Crippen LogP contribution is 2.22. The molecule has 126 valence electrons. The molecule has 0 aliphatic rings. The molecule has 0 radical (unpaired) electrons. The van der Waals surface area contributed by atoms with Crippen LogP contribution in [-0.2, 0) is 0 Å². The van der Waals surface area contributed by atoms with Crippen LogP contribution >= 0.6 is 0 Å². The van der Waals surface area contributed by atoms with E-state index in [-0.39, 0.29) is 22.5 Å². The molecule has 2 heterocycles. The van der Waals surface area contributed by atoms with Crippen LogP contribution in [0.4, 0.5) is 11.4 Å². The predicted molar refractivity (Wildman–Crippen MR) is 92.0 cm³/mol. The molecule has 8 nitrogen and oxygen atoms in total. The summed E-state index contributed by atoms with van der Waals surface area (Å²) in [6.45, 7) is 3.11. The molecule has 0 spiro atoms. The third-order valence-corrected chi connectivity index (χ3v) is 3.90. The van der Waals surface area contributed by atoms with Crippen LogP contribution in [0, 0.1) is 24.0 Å². The lowest BCUT2D eigenvalue weighted by atomic mass is 10.1. The number of hydrogen-bond donors (Lipinski definition) is 1. The molecule has 0 saturated carbocycles. The number of nitro benzene ring substituents is 1. The maximum atomic E-state index is 12.6. The van der Waals surface area contributed by atoms with Crippen LogP contribution in [0.2, 0.25) is 0 Å². The average molecular weight is 338 g/mol. The van der Waals surface area contributed by atoms with Gasteiger partial charge < -0.3 is 5.32 Å². The minimum atomic E-state index is -0.598. The normalized spacial score (nSPS) is 10.6. The molecular formula is C17H14N4O4. The molecule has 3 aromatic rings. The number of nitrogens with one attached hydrogen (secondary N) is 1. The van der Waals surface area contributed by atoms with Crippen molar-refractivity contribution in [2.45, 2.75) is 13.8 Å². The second-order valence-corrected chi connectivity index (χ2v) is 5.47. The molecule has 0 aliphatic heterocycles. The summed E-state index contributed by atoms with van der Waals surface area (Å²) >= 11 is 0. The monoisotopic (exact) mass is 338 g/mol. The van der Waals surface area contributed by atoms with Crippen LogP contribution in [0.25, 0.3) is 5.65 Å². The van der Waals surface area contributed by atoms with Gasteiger partial charge in [-0.15, -0.1) is 0 Å². The van der Waals surface area contributed by atoms with Crippen molar-refractivity contribution in [3.05, 3.63) is 79.9 Å². The Bertz CT molecular complexity index is 1070. The lowest BCUT2D eigenvalue weighted by molar-refractivity contribution is -0.385. The number of nitro groups is 1. The fraction of sp³-hybridized carbons (Fsp3) is 0.118. The molecule has 0 aliphatic carbocycles. The smallest absolute Gasteiger partial charge is 0.281 e. The van der Waals surface area contributed by atoms with Gasteiger partial charge in [-0.2, -0.15) is 0 Å². The van der Waals surface area contributed by atoms with Crippen LogP contribution in [0.1, 0.15) is 21.6 Å². The summed E-state index contributed by atoms with van der Waals surface area (Å²) in [4.78, 5) is 39.9. The second-order valence-electron chi connectivity index (χ2n) is 5.47. The first-order valence-electron chi connectivity index (χ1n) is 7.43. The molecule has 0 atom stereocenters. The minimum absolute atomic E-state index is 0.0413. The number of aromatic nitrogens is 2. The Morgan fingerprint density at radius 2 is 1.96 bits per heavy atom. The minimum Gasteiger partial charge on any atom is -0.316 e. The number of nitrogens with zero attached hydrogens (tertiary/aromatic N) is 3. The van der Waals surface area contributed by atoms with E-state index < -0.39 is 16.4 Å². The number of carbonyl (C=O) groups excluding carboxylic acids is 1. The van der Waals surface area contributed by atoms with Gasteiger partial charge in [0.2, 0.25) is 0 Å². The van der Waals surface area contributed by atoms with Crippen molar-refractivity contribution >= 4 is 22.9 Å². The molecule has 0 saturated heterocycles. The number of amides is 1. The van der Waals surface area contributed by atoms with Gasteiger partial charge in [-0.25, -0.2) is 4.98 Å². The first-order valence-corrected chi connectivity index (χ1v) is 7.43. The number of hydrogen-bond acceptors (Lipinski definition) is 5. The van der Waals surface area contributed by atoms with Crippen LogP contribution in [0.5, 0.6) is 0 Å². The zero-order valence-electron chi connectivity index (χ0n) is 13.5. The van der Waals surface area contributed by atoms with Crippen molar-refractivity contribution in [1.82, 2.24) is 9.38 Å². The first-order chi connectivity index (χ1) is 11.9. The summed E-state index contributed by atoms with van der Waals surface area (Å²) in [5.74, 6) is -0.598. The fourth-order valence-electron chi connectivity index (χ4n) is 2.59. The second kappa shape index (κ2) is 6.16. The number of benzene rings is 1. The van der Waals surface area contributed by atoms with Gasteiger partial charge in [-0.1, -0.05) is 12.1 Å². The van der Waals surface area contributed by atoms with Gasteiger partial charge in [0.05, 0.1) is 10.6 Å². The molecule has 8 heteroatoms. The third-order valence-electron chi connectivity index (χ3n) is 3.90. The van der Waals surface area contributed by atoms with Gasteiger partial charge >= 0.3 is 0 Å². The third kappa shape index (κ3) is 2.85. The molecule has 0 unspecified atom stereocenters. The summed E-state index contributed by atoms with van der Waals surface area (Å²) in [6, 6.07) is 9.35. The standard InChI is InChI=1S/C17H14N4O4/c1-10-12(6-5-7-13(10)21(24)25)16(22)19-15-11(2)18-14-8-3-4-9-20(14)17(15)23/h3-9H,1-2H3,(H,19,22). The Labute approximate surface area is 141 Å². The van der Waals surface area contributed by atoms with Crippen LogP contribution in [-0.4, -0.2) is 20.2 Å². The molecule has 1 amide bonds. The van der Waals surface area contributed by atoms with Crippen molar-refractivity contribution < 1.29 is 9.72 Å². The average Bonchev–Trinajstić information content (AvgIpc) is 2.58. The summed E-state index contributed by atoms with van der Waals surface area (Å²) in [6.07, 6.45) is 1.55. The Hall–Kier alpha value is -3.55. The van der Waals surface area contributed by atoms with Crippen molar-refractivity contribution in [3.8, 4) is 0 Å². The van der Waals surface area contributed by atoms with E-state index in [1.54, 1.807) is 31.3 Å². The molecule has 1 N–H and O–H groups in total. The summed E-state index contributed by atoms with van der Waals surface area (Å²) in [5.41, 5.74) is 0.668. The van der Waals surface area contributed by atoms with Crippen molar-refractivity contribution in [2.24, 2.45) is 0 Å². The van der Waals surface area contributed by atoms with Crippen molar-refractivity contribution in [3.63, 3.8) is 0 Å². The van der Waals surface area contributed by atoms with Crippen molar-refractivity contribution in [2.75, 3.05) is 5.32 Å². The van der Waals surface area contributed by atoms with Gasteiger partial charge in [0.1, 0.15) is 11.3 Å². The Balaban J connectivity index is 2.05. The Morgan fingerprint density at radius 3 is 2.68 bits per heavy atom. The van der Waals surface area contributed by atoms with Gasteiger partial charge in [-0.3, -0.25) is 24.1 Å².